The fourth-order valence-electron chi connectivity index (χ4n) is 1.55. The van der Waals surface area contributed by atoms with Gasteiger partial charge in [0.05, 0.1) is 12.5 Å². The molecule has 0 aliphatic heterocycles. The van der Waals surface area contributed by atoms with Gasteiger partial charge in [-0.3, -0.25) is 4.79 Å². The first kappa shape index (κ1) is 14.4. The van der Waals surface area contributed by atoms with Gasteiger partial charge in [0.25, 0.3) is 0 Å². The molecule has 1 unspecified atom stereocenters. The second-order valence-electron chi connectivity index (χ2n) is 4.24. The lowest BCUT2D eigenvalue weighted by Gasteiger charge is -2.20. The van der Waals surface area contributed by atoms with Gasteiger partial charge in [0.2, 0.25) is 0 Å². The van der Waals surface area contributed by atoms with E-state index in [1.165, 1.54) is 0 Å². The Hall–Kier alpha value is -1.67. The highest BCUT2D eigenvalue weighted by Crippen LogP contribution is 2.25. The molecule has 0 radical (unpaired) electrons. The summed E-state index contributed by atoms with van der Waals surface area (Å²) in [5, 5.41) is 18.7. The van der Waals surface area contributed by atoms with Crippen LogP contribution in [-0.4, -0.2) is 37.5 Å². The van der Waals surface area contributed by atoms with Gasteiger partial charge in [-0.25, -0.2) is 4.68 Å². The summed E-state index contributed by atoms with van der Waals surface area (Å²) in [6, 6.07) is -0.699. The van der Waals surface area contributed by atoms with Crippen molar-refractivity contribution in [2.75, 3.05) is 0 Å². The van der Waals surface area contributed by atoms with Gasteiger partial charge in [-0.1, -0.05) is 13.8 Å². The van der Waals surface area contributed by atoms with Crippen molar-refractivity contribution in [2.24, 2.45) is 5.92 Å². The van der Waals surface area contributed by atoms with Crippen LogP contribution in [0.3, 0.4) is 0 Å². The van der Waals surface area contributed by atoms with Crippen molar-refractivity contribution >= 4 is 5.97 Å². The van der Waals surface area contributed by atoms with Crippen LogP contribution in [0.2, 0.25) is 0 Å². The highest BCUT2D eigenvalue weighted by molar-refractivity contribution is 5.67. The van der Waals surface area contributed by atoms with Crippen LogP contribution in [0.15, 0.2) is 0 Å². The Morgan fingerprint density at radius 1 is 1.44 bits per heavy atom. The number of carboxylic acids is 1. The lowest BCUT2D eigenvalue weighted by atomic mass is 10.0. The molecule has 1 atom stereocenters. The monoisotopic (exact) mass is 266 g/mol. The smallest absolute Gasteiger partial charge is 0.396 e. The summed E-state index contributed by atoms with van der Waals surface area (Å²) in [4.78, 5) is 10.7. The van der Waals surface area contributed by atoms with Crippen LogP contribution < -0.4 is 0 Å². The number of carbonyl (C=O) groups is 1. The Morgan fingerprint density at radius 3 is 2.50 bits per heavy atom. The van der Waals surface area contributed by atoms with Crippen molar-refractivity contribution in [1.82, 2.24) is 20.2 Å². The summed E-state index contributed by atoms with van der Waals surface area (Å²) in [7, 11) is 0. The Bertz CT molecular complexity index is 416. The van der Waals surface area contributed by atoms with Gasteiger partial charge in [0, 0.05) is 0 Å². The van der Waals surface area contributed by atoms with Crippen LogP contribution in [-0.2, 0) is 11.2 Å². The molecule has 1 aromatic rings. The van der Waals surface area contributed by atoms with Crippen LogP contribution in [0.25, 0.3) is 0 Å². The number of halogens is 3. The summed E-state index contributed by atoms with van der Waals surface area (Å²) in [5.74, 6) is -1.68. The predicted molar refractivity (Wildman–Crippen MR) is 53.7 cm³/mol. The molecule has 0 bridgehead atoms. The second kappa shape index (κ2) is 5.32. The maximum atomic E-state index is 12.3. The van der Waals surface area contributed by atoms with E-state index in [0.717, 1.165) is 4.68 Å². The molecule has 0 aromatic carbocycles. The zero-order valence-electron chi connectivity index (χ0n) is 9.85. The number of hydrogen-bond donors (Lipinski definition) is 1. The topological polar surface area (TPSA) is 80.9 Å². The Labute approximate surface area is 101 Å². The molecule has 0 spiro atoms. The van der Waals surface area contributed by atoms with Crippen molar-refractivity contribution in [1.29, 1.82) is 0 Å². The van der Waals surface area contributed by atoms with Gasteiger partial charge in [0.1, 0.15) is 6.42 Å². The second-order valence-corrected chi connectivity index (χ2v) is 4.24. The van der Waals surface area contributed by atoms with Crippen molar-refractivity contribution in [3.8, 4) is 0 Å². The van der Waals surface area contributed by atoms with E-state index in [1.807, 2.05) is 0 Å². The lowest BCUT2D eigenvalue weighted by Crippen LogP contribution is -2.25. The Morgan fingerprint density at radius 2 is 2.06 bits per heavy atom. The van der Waals surface area contributed by atoms with Gasteiger partial charge in [-0.2, -0.15) is 13.2 Å². The molecule has 6 nitrogen and oxygen atoms in total. The molecule has 18 heavy (non-hydrogen) atoms. The highest BCUT2D eigenvalue weighted by Gasteiger charge is 2.33. The van der Waals surface area contributed by atoms with Crippen molar-refractivity contribution in [3.05, 3.63) is 5.82 Å². The molecule has 1 heterocycles. The minimum atomic E-state index is -4.43. The number of tetrazole rings is 1. The summed E-state index contributed by atoms with van der Waals surface area (Å²) >= 11 is 0. The van der Waals surface area contributed by atoms with E-state index in [4.69, 9.17) is 5.11 Å². The van der Waals surface area contributed by atoms with Crippen LogP contribution in [0.4, 0.5) is 13.2 Å². The normalized spacial score (nSPS) is 13.9. The zero-order valence-corrected chi connectivity index (χ0v) is 9.85. The number of alkyl halides is 3. The van der Waals surface area contributed by atoms with Gasteiger partial charge < -0.3 is 5.11 Å². The van der Waals surface area contributed by atoms with Crippen LogP contribution in [0.5, 0.6) is 0 Å². The lowest BCUT2D eigenvalue weighted by molar-refractivity contribution is -0.138. The molecule has 0 saturated heterocycles. The maximum absolute atomic E-state index is 12.3. The number of rotatable bonds is 5. The van der Waals surface area contributed by atoms with E-state index in [0.29, 0.717) is 0 Å². The van der Waals surface area contributed by atoms with Gasteiger partial charge >= 0.3 is 12.1 Å². The largest absolute Gasteiger partial charge is 0.481 e. The number of carboxylic acid groups (broad SMARTS) is 1. The first-order valence-electron chi connectivity index (χ1n) is 5.26. The number of nitrogens with zero attached hydrogens (tertiary/aromatic N) is 4. The molecular weight excluding hydrogens is 253 g/mol. The molecular formula is C9H13F3N4O2. The third-order valence-electron chi connectivity index (χ3n) is 2.39. The van der Waals surface area contributed by atoms with E-state index < -0.39 is 24.6 Å². The van der Waals surface area contributed by atoms with E-state index in [-0.39, 0.29) is 18.2 Å². The first-order chi connectivity index (χ1) is 8.20. The summed E-state index contributed by atoms with van der Waals surface area (Å²) in [6.45, 7) is 3.40. The highest BCUT2D eigenvalue weighted by atomic mass is 19.4. The van der Waals surface area contributed by atoms with Crippen LogP contribution in [0.1, 0.15) is 32.1 Å². The molecule has 0 saturated carbocycles. The van der Waals surface area contributed by atoms with Crippen LogP contribution in [0, 0.1) is 5.92 Å². The molecule has 0 aliphatic carbocycles. The van der Waals surface area contributed by atoms with Gasteiger partial charge in [-0.05, 0) is 16.3 Å². The molecule has 102 valence electrons. The van der Waals surface area contributed by atoms with E-state index in [2.05, 4.69) is 15.5 Å². The average Bonchev–Trinajstić information content (AvgIpc) is 2.58. The fraction of sp³-hybridized carbons (Fsp3) is 0.778. The van der Waals surface area contributed by atoms with Gasteiger partial charge in [0.15, 0.2) is 5.82 Å². The third kappa shape index (κ3) is 3.97. The standard InChI is InChI=1S/C9H13F3N4O2/c1-5(2)6(3-8(17)18)16-7(13-14-15-16)4-9(10,11)12/h5-6H,3-4H2,1-2H3,(H,17,18). The molecule has 1 aromatic heterocycles. The Balaban J connectivity index is 2.99. The minimum absolute atomic E-state index is 0.198. The maximum Gasteiger partial charge on any atom is 0.396 e. The summed E-state index contributed by atoms with van der Waals surface area (Å²) < 4.78 is 37.9. The molecule has 1 N–H and O–H groups in total. The third-order valence-corrected chi connectivity index (χ3v) is 2.39. The molecule has 0 amide bonds. The van der Waals surface area contributed by atoms with Crippen molar-refractivity contribution in [2.45, 2.75) is 38.9 Å². The molecule has 0 fully saturated rings. The quantitative estimate of drug-likeness (QED) is 0.872. The van der Waals surface area contributed by atoms with E-state index >= 15 is 0 Å². The summed E-state index contributed by atoms with van der Waals surface area (Å²) in [6.07, 6.45) is -6.03. The number of aromatic nitrogens is 4. The van der Waals surface area contributed by atoms with Crippen molar-refractivity contribution in [3.63, 3.8) is 0 Å². The Kier molecular flexibility index (Phi) is 4.25. The average molecular weight is 266 g/mol. The SMILES string of the molecule is CC(C)C(CC(=O)O)n1nnnc1CC(F)(F)F. The van der Waals surface area contributed by atoms with Gasteiger partial charge in [-0.15, -0.1) is 5.10 Å². The number of aliphatic carboxylic acids is 1. The molecule has 1 rings (SSSR count). The van der Waals surface area contributed by atoms with Crippen LogP contribution >= 0.6 is 0 Å². The molecule has 9 heteroatoms. The number of hydrogen-bond acceptors (Lipinski definition) is 4. The first-order valence-corrected chi connectivity index (χ1v) is 5.26. The molecule has 0 aliphatic rings. The minimum Gasteiger partial charge on any atom is -0.481 e. The van der Waals surface area contributed by atoms with E-state index in [1.54, 1.807) is 13.8 Å². The van der Waals surface area contributed by atoms with E-state index in [9.17, 15) is 18.0 Å². The summed E-state index contributed by atoms with van der Waals surface area (Å²) in [5.41, 5.74) is 0. The predicted octanol–water partition coefficient (Wildman–Crippen LogP) is 1.45. The van der Waals surface area contributed by atoms with Crippen molar-refractivity contribution < 1.29 is 23.1 Å². The zero-order chi connectivity index (χ0) is 13.9. The fourth-order valence-corrected chi connectivity index (χ4v) is 1.55.